The summed E-state index contributed by atoms with van der Waals surface area (Å²) in [5, 5.41) is 19.5. The van der Waals surface area contributed by atoms with E-state index >= 15 is 0 Å². The second-order valence-electron chi connectivity index (χ2n) is 6.44. The summed E-state index contributed by atoms with van der Waals surface area (Å²) in [6.07, 6.45) is 9.43. The molecule has 1 saturated heterocycles. The minimum absolute atomic E-state index is 0.0795. The van der Waals surface area contributed by atoms with Crippen LogP contribution in [-0.4, -0.2) is 45.6 Å². The van der Waals surface area contributed by atoms with Gasteiger partial charge in [-0.3, -0.25) is 4.79 Å². The third-order valence-corrected chi connectivity index (χ3v) is 5.66. The van der Waals surface area contributed by atoms with Gasteiger partial charge in [-0.05, 0) is 12.8 Å². The van der Waals surface area contributed by atoms with Gasteiger partial charge in [0.25, 0.3) is 0 Å². The van der Waals surface area contributed by atoms with E-state index in [1.807, 2.05) is 4.90 Å². The number of aromatic nitrogens is 1. The van der Waals surface area contributed by atoms with Gasteiger partial charge in [0, 0.05) is 50.1 Å². The number of hydrogen-bond donors (Lipinski definition) is 1. The molecule has 1 unspecified atom stereocenters. The normalized spacial score (nSPS) is 20.9. The highest BCUT2D eigenvalue weighted by molar-refractivity contribution is 7.09. The topological polar surface area (TPSA) is 95.2 Å². The van der Waals surface area contributed by atoms with E-state index in [9.17, 15) is 9.59 Å². The van der Waals surface area contributed by atoms with E-state index in [4.69, 9.17) is 11.5 Å². The fourth-order valence-corrected chi connectivity index (χ4v) is 4.03. The van der Waals surface area contributed by atoms with E-state index in [0.29, 0.717) is 32.2 Å². The molecule has 0 radical (unpaired) electrons. The Morgan fingerprint density at radius 3 is 2.88 bits per heavy atom. The Hall–Kier alpha value is -2.27. The van der Waals surface area contributed by atoms with Crippen molar-refractivity contribution in [2.75, 3.05) is 13.1 Å². The predicted molar refractivity (Wildman–Crippen MR) is 92.5 cm³/mol. The fourth-order valence-electron chi connectivity index (χ4n) is 3.11. The summed E-state index contributed by atoms with van der Waals surface area (Å²) in [4.78, 5) is 29.5. The first kappa shape index (κ1) is 17.5. The van der Waals surface area contributed by atoms with Crippen LogP contribution in [0.3, 0.4) is 0 Å². The van der Waals surface area contributed by atoms with Crippen LogP contribution in [0, 0.1) is 12.3 Å². The molecule has 1 aromatic rings. The maximum Gasteiger partial charge on any atom is 0.355 e. The number of amides is 1. The number of hydrogen-bond acceptors (Lipinski definition) is 6. The molecular weight excluding hydrogens is 340 g/mol. The van der Waals surface area contributed by atoms with Crippen LogP contribution < -0.4 is 0 Å². The van der Waals surface area contributed by atoms with Crippen LogP contribution in [0.2, 0.25) is 0 Å². The Morgan fingerprint density at radius 1 is 1.44 bits per heavy atom. The zero-order valence-electron chi connectivity index (χ0n) is 13.8. The number of likely N-dealkylation sites (tertiary alicyclic amines) is 1. The average Bonchev–Trinajstić information content (AvgIpc) is 3.21. The lowest BCUT2D eigenvalue weighted by molar-refractivity contribution is -0.132. The minimum atomic E-state index is -1.01. The van der Waals surface area contributed by atoms with Gasteiger partial charge in [0.05, 0.1) is 5.01 Å². The van der Waals surface area contributed by atoms with Crippen LogP contribution in [0.1, 0.15) is 59.9 Å². The molecule has 25 heavy (non-hydrogen) atoms. The van der Waals surface area contributed by atoms with E-state index < -0.39 is 11.6 Å². The highest BCUT2D eigenvalue weighted by Gasteiger charge is 2.40. The molecule has 1 aromatic heterocycles. The Labute approximate surface area is 150 Å². The van der Waals surface area contributed by atoms with Crippen LogP contribution in [-0.2, 0) is 4.79 Å². The van der Waals surface area contributed by atoms with Crippen LogP contribution in [0.5, 0.6) is 0 Å². The van der Waals surface area contributed by atoms with Crippen LogP contribution in [0.4, 0.5) is 0 Å². The summed E-state index contributed by atoms with van der Waals surface area (Å²) in [7, 11) is 0. The maximum atomic E-state index is 12.5. The third-order valence-electron chi connectivity index (χ3n) is 4.66. The van der Waals surface area contributed by atoms with Crippen molar-refractivity contribution in [2.45, 2.75) is 50.1 Å². The average molecular weight is 360 g/mol. The van der Waals surface area contributed by atoms with Crippen molar-refractivity contribution in [3.63, 3.8) is 0 Å². The number of terminal acetylenes is 1. The van der Waals surface area contributed by atoms with E-state index in [0.717, 1.165) is 24.4 Å². The van der Waals surface area contributed by atoms with Gasteiger partial charge in [-0.15, -0.1) is 23.7 Å². The summed E-state index contributed by atoms with van der Waals surface area (Å²) in [5.74, 6) is 1.78. The van der Waals surface area contributed by atoms with Crippen molar-refractivity contribution in [1.29, 1.82) is 0 Å². The van der Waals surface area contributed by atoms with Crippen molar-refractivity contribution >= 4 is 23.2 Å². The smallest absolute Gasteiger partial charge is 0.355 e. The first-order chi connectivity index (χ1) is 12.0. The van der Waals surface area contributed by atoms with Gasteiger partial charge in [0.1, 0.15) is 0 Å². The predicted octanol–water partition coefficient (Wildman–Crippen LogP) is 2.90. The molecule has 8 heteroatoms. The third kappa shape index (κ3) is 4.23. The second-order valence-corrected chi connectivity index (χ2v) is 7.33. The molecule has 7 nitrogen and oxygen atoms in total. The van der Waals surface area contributed by atoms with Gasteiger partial charge in [-0.25, -0.2) is 9.78 Å². The van der Waals surface area contributed by atoms with E-state index in [2.05, 4.69) is 21.1 Å². The number of aromatic carboxylic acids is 1. The number of carboxylic acids is 1. The lowest BCUT2D eigenvalue weighted by Crippen LogP contribution is -2.39. The van der Waals surface area contributed by atoms with Gasteiger partial charge in [-0.2, -0.15) is 10.2 Å². The number of carbonyl (C=O) groups is 2. The zero-order chi connectivity index (χ0) is 17.9. The quantitative estimate of drug-likeness (QED) is 0.756. The SMILES string of the molecule is C#CCCC1(CCC(=O)N2CCCC(c3nc(C(=O)O)cs3)C2)N=N1. The van der Waals surface area contributed by atoms with Gasteiger partial charge < -0.3 is 10.0 Å². The molecule has 0 aliphatic carbocycles. The van der Waals surface area contributed by atoms with Crippen molar-refractivity contribution in [3.05, 3.63) is 16.1 Å². The standard InChI is InChI=1S/C17H20N4O3S/c1-2-3-7-17(19-20-17)8-6-14(22)21-9-4-5-12(10-21)15-18-13(11-25-15)16(23)24/h1,11-12H,3-10H2,(H,23,24). The van der Waals surface area contributed by atoms with Crippen LogP contribution in [0.15, 0.2) is 15.6 Å². The van der Waals surface area contributed by atoms with Gasteiger partial charge in [-0.1, -0.05) is 0 Å². The Kier molecular flexibility index (Phi) is 5.13. The highest BCUT2D eigenvalue weighted by atomic mass is 32.1. The molecule has 3 rings (SSSR count). The molecule has 1 atom stereocenters. The molecule has 0 aromatic carbocycles. The zero-order valence-corrected chi connectivity index (χ0v) is 14.7. The van der Waals surface area contributed by atoms with E-state index in [1.54, 1.807) is 5.38 Å². The molecule has 0 saturated carbocycles. The van der Waals surface area contributed by atoms with Gasteiger partial charge in [0.15, 0.2) is 11.4 Å². The summed E-state index contributed by atoms with van der Waals surface area (Å²) in [6.45, 7) is 1.33. The van der Waals surface area contributed by atoms with Crippen molar-refractivity contribution in [3.8, 4) is 12.3 Å². The van der Waals surface area contributed by atoms with Crippen molar-refractivity contribution < 1.29 is 14.7 Å². The number of nitrogens with zero attached hydrogens (tertiary/aromatic N) is 4. The Morgan fingerprint density at radius 2 is 2.24 bits per heavy atom. The van der Waals surface area contributed by atoms with Crippen molar-refractivity contribution in [2.24, 2.45) is 10.2 Å². The van der Waals surface area contributed by atoms with Crippen molar-refractivity contribution in [1.82, 2.24) is 9.88 Å². The lowest BCUT2D eigenvalue weighted by Gasteiger charge is -2.32. The highest BCUT2D eigenvalue weighted by Crippen LogP contribution is 2.38. The number of carboxylic acid groups (broad SMARTS) is 1. The van der Waals surface area contributed by atoms with E-state index in [-0.39, 0.29) is 17.5 Å². The van der Waals surface area contributed by atoms with Gasteiger partial charge in [0.2, 0.25) is 5.91 Å². The molecule has 3 heterocycles. The van der Waals surface area contributed by atoms with Gasteiger partial charge >= 0.3 is 5.97 Å². The molecule has 2 aliphatic heterocycles. The maximum absolute atomic E-state index is 12.5. The lowest BCUT2D eigenvalue weighted by atomic mass is 9.97. The summed E-state index contributed by atoms with van der Waals surface area (Å²) in [5.41, 5.74) is -0.348. The number of carbonyl (C=O) groups excluding carboxylic acids is 1. The summed E-state index contributed by atoms with van der Waals surface area (Å²) >= 11 is 1.36. The molecule has 1 fully saturated rings. The number of thiazole rings is 1. The Bertz CT molecular complexity index is 730. The number of rotatable bonds is 7. The summed E-state index contributed by atoms with van der Waals surface area (Å²) < 4.78 is 0. The first-order valence-electron chi connectivity index (χ1n) is 8.37. The minimum Gasteiger partial charge on any atom is -0.476 e. The molecule has 0 bridgehead atoms. The first-order valence-corrected chi connectivity index (χ1v) is 9.25. The Balaban J connectivity index is 1.53. The fraction of sp³-hybridized carbons (Fsp3) is 0.588. The number of piperidine rings is 1. The molecule has 1 N–H and O–H groups in total. The largest absolute Gasteiger partial charge is 0.476 e. The second kappa shape index (κ2) is 7.31. The molecule has 132 valence electrons. The van der Waals surface area contributed by atoms with Crippen LogP contribution >= 0.6 is 11.3 Å². The summed E-state index contributed by atoms with van der Waals surface area (Å²) in [6, 6.07) is 0. The molecule has 2 aliphatic rings. The monoisotopic (exact) mass is 360 g/mol. The molecule has 0 spiro atoms. The van der Waals surface area contributed by atoms with E-state index in [1.165, 1.54) is 11.3 Å². The van der Waals surface area contributed by atoms with Crippen LogP contribution in [0.25, 0.3) is 0 Å². The molecular formula is C17H20N4O3S. The molecule has 1 amide bonds.